The molecule has 2 aliphatic rings. The molecule has 0 aromatic rings. The Balaban J connectivity index is 1.83. The standard InChI is InChI=1S/C11H22N2S/c1-2-5-12-10-11(4-1)13-6-3-8-14-9-7-13/h11-12H,1-10H2. The summed E-state index contributed by atoms with van der Waals surface area (Å²) in [6.07, 6.45) is 5.60. The van der Waals surface area contributed by atoms with Gasteiger partial charge in [0, 0.05) is 24.9 Å². The first-order valence-corrected chi connectivity index (χ1v) is 7.15. The average Bonchev–Trinajstić information content (AvgIpc) is 2.62. The van der Waals surface area contributed by atoms with Crippen LogP contribution in [0.1, 0.15) is 25.7 Å². The molecule has 82 valence electrons. The summed E-state index contributed by atoms with van der Waals surface area (Å²) >= 11 is 2.13. The van der Waals surface area contributed by atoms with E-state index in [1.54, 1.807) is 0 Å². The van der Waals surface area contributed by atoms with Gasteiger partial charge >= 0.3 is 0 Å². The Morgan fingerprint density at radius 3 is 3.07 bits per heavy atom. The van der Waals surface area contributed by atoms with Gasteiger partial charge in [0.15, 0.2) is 0 Å². The van der Waals surface area contributed by atoms with Crippen molar-refractivity contribution in [1.82, 2.24) is 10.2 Å². The fraction of sp³-hybridized carbons (Fsp3) is 1.00. The van der Waals surface area contributed by atoms with Crippen molar-refractivity contribution in [2.45, 2.75) is 31.7 Å². The number of hydrogen-bond donors (Lipinski definition) is 1. The van der Waals surface area contributed by atoms with Crippen molar-refractivity contribution >= 4 is 11.8 Å². The van der Waals surface area contributed by atoms with Crippen LogP contribution in [0.3, 0.4) is 0 Å². The van der Waals surface area contributed by atoms with Gasteiger partial charge in [0.25, 0.3) is 0 Å². The molecule has 0 aromatic carbocycles. The van der Waals surface area contributed by atoms with Crippen LogP contribution >= 0.6 is 11.8 Å². The highest BCUT2D eigenvalue weighted by Crippen LogP contribution is 2.16. The highest BCUT2D eigenvalue weighted by atomic mass is 32.2. The van der Waals surface area contributed by atoms with Crippen LogP contribution in [0.15, 0.2) is 0 Å². The van der Waals surface area contributed by atoms with Gasteiger partial charge in [-0.05, 0) is 38.1 Å². The van der Waals surface area contributed by atoms with E-state index >= 15 is 0 Å². The van der Waals surface area contributed by atoms with Crippen LogP contribution in [-0.2, 0) is 0 Å². The largest absolute Gasteiger partial charge is 0.315 e. The zero-order chi connectivity index (χ0) is 9.64. The number of nitrogens with zero attached hydrogens (tertiary/aromatic N) is 1. The van der Waals surface area contributed by atoms with E-state index in [2.05, 4.69) is 22.0 Å². The first-order chi connectivity index (χ1) is 6.97. The fourth-order valence-corrected chi connectivity index (χ4v) is 3.34. The van der Waals surface area contributed by atoms with Gasteiger partial charge in [-0.2, -0.15) is 11.8 Å². The van der Waals surface area contributed by atoms with Crippen molar-refractivity contribution in [3.63, 3.8) is 0 Å². The van der Waals surface area contributed by atoms with Crippen molar-refractivity contribution in [1.29, 1.82) is 0 Å². The summed E-state index contributed by atoms with van der Waals surface area (Å²) in [5.41, 5.74) is 0. The molecule has 2 rings (SSSR count). The zero-order valence-corrected chi connectivity index (χ0v) is 9.82. The third-order valence-corrected chi connectivity index (χ3v) is 4.34. The van der Waals surface area contributed by atoms with Crippen LogP contribution in [0.4, 0.5) is 0 Å². The monoisotopic (exact) mass is 214 g/mol. The number of hydrogen-bond acceptors (Lipinski definition) is 3. The van der Waals surface area contributed by atoms with E-state index in [0.717, 1.165) is 6.04 Å². The maximum Gasteiger partial charge on any atom is 0.0220 e. The summed E-state index contributed by atoms with van der Waals surface area (Å²) < 4.78 is 0. The molecule has 1 unspecified atom stereocenters. The predicted molar refractivity (Wildman–Crippen MR) is 64.0 cm³/mol. The molecule has 0 aliphatic carbocycles. The lowest BCUT2D eigenvalue weighted by Gasteiger charge is -2.29. The van der Waals surface area contributed by atoms with E-state index in [1.165, 1.54) is 63.4 Å². The minimum atomic E-state index is 0.830. The van der Waals surface area contributed by atoms with E-state index in [9.17, 15) is 0 Å². The average molecular weight is 214 g/mol. The molecule has 0 bridgehead atoms. The molecule has 2 fully saturated rings. The molecule has 0 radical (unpaired) electrons. The minimum absolute atomic E-state index is 0.830. The fourth-order valence-electron chi connectivity index (χ4n) is 2.44. The molecule has 2 saturated heterocycles. The van der Waals surface area contributed by atoms with Crippen LogP contribution in [0.5, 0.6) is 0 Å². The Morgan fingerprint density at radius 2 is 2.07 bits per heavy atom. The van der Waals surface area contributed by atoms with Gasteiger partial charge in [-0.15, -0.1) is 0 Å². The zero-order valence-electron chi connectivity index (χ0n) is 9.00. The molecule has 0 aromatic heterocycles. The second-order valence-corrected chi connectivity index (χ2v) is 5.58. The quantitative estimate of drug-likeness (QED) is 0.713. The lowest BCUT2D eigenvalue weighted by Crippen LogP contribution is -2.42. The third kappa shape index (κ3) is 3.14. The molecule has 0 amide bonds. The van der Waals surface area contributed by atoms with Crippen LogP contribution in [0.2, 0.25) is 0 Å². The van der Waals surface area contributed by atoms with Gasteiger partial charge in [-0.3, -0.25) is 4.90 Å². The molecular formula is C11H22N2S. The van der Waals surface area contributed by atoms with E-state index in [1.807, 2.05) is 0 Å². The Morgan fingerprint density at radius 1 is 1.07 bits per heavy atom. The molecule has 0 saturated carbocycles. The van der Waals surface area contributed by atoms with Crippen molar-refractivity contribution in [3.05, 3.63) is 0 Å². The van der Waals surface area contributed by atoms with E-state index in [-0.39, 0.29) is 0 Å². The maximum absolute atomic E-state index is 3.57. The highest BCUT2D eigenvalue weighted by molar-refractivity contribution is 7.99. The van der Waals surface area contributed by atoms with Gasteiger partial charge in [0.2, 0.25) is 0 Å². The molecular weight excluding hydrogens is 192 g/mol. The Hall–Kier alpha value is 0.270. The Bertz CT molecular complexity index is 129. The summed E-state index contributed by atoms with van der Waals surface area (Å²) in [4.78, 5) is 2.72. The van der Waals surface area contributed by atoms with Gasteiger partial charge in [0.1, 0.15) is 0 Å². The van der Waals surface area contributed by atoms with E-state index in [4.69, 9.17) is 0 Å². The highest BCUT2D eigenvalue weighted by Gasteiger charge is 2.20. The van der Waals surface area contributed by atoms with Crippen molar-refractivity contribution in [2.75, 3.05) is 37.7 Å². The van der Waals surface area contributed by atoms with Crippen LogP contribution in [0.25, 0.3) is 0 Å². The SMILES string of the molecule is C1CCC(N2CCCSCC2)CNC1. The molecule has 2 heterocycles. The summed E-state index contributed by atoms with van der Waals surface area (Å²) in [5, 5.41) is 3.57. The summed E-state index contributed by atoms with van der Waals surface area (Å²) in [6.45, 7) is 5.11. The van der Waals surface area contributed by atoms with Gasteiger partial charge in [-0.25, -0.2) is 0 Å². The van der Waals surface area contributed by atoms with Crippen molar-refractivity contribution < 1.29 is 0 Å². The van der Waals surface area contributed by atoms with Crippen LogP contribution in [-0.4, -0.2) is 48.6 Å². The molecule has 14 heavy (non-hydrogen) atoms. The van der Waals surface area contributed by atoms with E-state index in [0.29, 0.717) is 0 Å². The number of rotatable bonds is 1. The predicted octanol–water partition coefficient (Wildman–Crippen LogP) is 1.57. The molecule has 2 aliphatic heterocycles. The Kier molecular flexibility index (Phi) is 4.61. The second-order valence-electron chi connectivity index (χ2n) is 4.36. The lowest BCUT2D eigenvalue weighted by atomic mass is 10.1. The molecule has 3 heteroatoms. The minimum Gasteiger partial charge on any atom is -0.315 e. The van der Waals surface area contributed by atoms with Crippen molar-refractivity contribution in [2.24, 2.45) is 0 Å². The number of thioether (sulfide) groups is 1. The topological polar surface area (TPSA) is 15.3 Å². The van der Waals surface area contributed by atoms with Crippen molar-refractivity contribution in [3.8, 4) is 0 Å². The van der Waals surface area contributed by atoms with Gasteiger partial charge in [0.05, 0.1) is 0 Å². The Labute approximate surface area is 91.8 Å². The maximum atomic E-state index is 3.57. The van der Waals surface area contributed by atoms with Crippen LogP contribution in [0, 0.1) is 0 Å². The third-order valence-electron chi connectivity index (χ3n) is 3.29. The lowest BCUT2D eigenvalue weighted by molar-refractivity contribution is 0.201. The smallest absolute Gasteiger partial charge is 0.0220 e. The normalized spacial score (nSPS) is 32.1. The van der Waals surface area contributed by atoms with Gasteiger partial charge < -0.3 is 5.32 Å². The first kappa shape index (κ1) is 10.8. The van der Waals surface area contributed by atoms with E-state index < -0.39 is 0 Å². The summed E-state index contributed by atoms with van der Waals surface area (Å²) in [6, 6.07) is 0.830. The first-order valence-electron chi connectivity index (χ1n) is 5.99. The number of nitrogens with one attached hydrogen (secondary N) is 1. The van der Waals surface area contributed by atoms with Gasteiger partial charge in [-0.1, -0.05) is 6.42 Å². The second kappa shape index (κ2) is 5.99. The molecule has 0 spiro atoms. The molecule has 1 N–H and O–H groups in total. The molecule has 2 nitrogen and oxygen atoms in total. The summed E-state index contributed by atoms with van der Waals surface area (Å²) in [5.74, 6) is 2.72. The molecule has 1 atom stereocenters. The summed E-state index contributed by atoms with van der Waals surface area (Å²) in [7, 11) is 0. The van der Waals surface area contributed by atoms with Crippen LogP contribution < -0.4 is 5.32 Å².